The molecule has 0 amide bonds. The lowest BCUT2D eigenvalue weighted by Gasteiger charge is -2.00. The minimum absolute atomic E-state index is 0.575. The van der Waals surface area contributed by atoms with Crippen molar-refractivity contribution in [1.82, 2.24) is 19.7 Å². The van der Waals surface area contributed by atoms with Crippen LogP contribution in [0.5, 0.6) is 0 Å². The minimum atomic E-state index is 0.575. The molecule has 0 bridgehead atoms. The van der Waals surface area contributed by atoms with Gasteiger partial charge >= 0.3 is 0 Å². The number of nitrogens with one attached hydrogen (secondary N) is 1. The van der Waals surface area contributed by atoms with Gasteiger partial charge in [-0.2, -0.15) is 4.98 Å². The van der Waals surface area contributed by atoms with E-state index in [9.17, 15) is 0 Å². The topological polar surface area (TPSA) is 55.6 Å². The highest BCUT2D eigenvalue weighted by Gasteiger charge is 2.11. The van der Waals surface area contributed by atoms with E-state index >= 15 is 0 Å². The number of hydrogen-bond donors (Lipinski definition) is 1. The Morgan fingerprint density at radius 1 is 1.24 bits per heavy atom. The first-order valence-corrected chi connectivity index (χ1v) is 5.63. The number of aryl methyl sites for hydroxylation is 1. The first-order chi connectivity index (χ1) is 8.31. The molecule has 0 aliphatic rings. The largest absolute Gasteiger partial charge is 0.353 e. The highest BCUT2D eigenvalue weighted by atomic mass is 15.3. The Morgan fingerprint density at radius 3 is 2.88 bits per heavy atom. The normalized spacial score (nSPS) is 11.2. The molecule has 5 nitrogen and oxygen atoms in total. The Bertz CT molecular complexity index is 686. The zero-order chi connectivity index (χ0) is 11.8. The van der Waals surface area contributed by atoms with Crippen LogP contribution in [0.2, 0.25) is 0 Å². The lowest BCUT2D eigenvalue weighted by molar-refractivity contribution is 0.945. The molecule has 0 radical (unpaired) electrons. The Balaban J connectivity index is 2.36. The van der Waals surface area contributed by atoms with Gasteiger partial charge in [0.1, 0.15) is 5.52 Å². The van der Waals surface area contributed by atoms with Gasteiger partial charge in [-0.05, 0) is 13.0 Å². The van der Waals surface area contributed by atoms with Crippen molar-refractivity contribution in [2.45, 2.75) is 6.92 Å². The summed E-state index contributed by atoms with van der Waals surface area (Å²) in [6.07, 6.45) is 0. The van der Waals surface area contributed by atoms with Crippen molar-refractivity contribution in [2.24, 2.45) is 7.05 Å². The molecular formula is C12H13N5. The maximum Gasteiger partial charge on any atom is 0.244 e. The van der Waals surface area contributed by atoms with E-state index in [0.717, 1.165) is 28.6 Å². The van der Waals surface area contributed by atoms with Crippen molar-refractivity contribution < 1.29 is 0 Å². The summed E-state index contributed by atoms with van der Waals surface area (Å²) in [5, 5.41) is 12.5. The maximum atomic E-state index is 4.48. The van der Waals surface area contributed by atoms with Crippen LogP contribution in [0.3, 0.4) is 0 Å². The van der Waals surface area contributed by atoms with Gasteiger partial charge in [0.25, 0.3) is 0 Å². The van der Waals surface area contributed by atoms with E-state index in [2.05, 4.69) is 26.6 Å². The van der Waals surface area contributed by atoms with Gasteiger partial charge in [-0.15, -0.1) is 10.2 Å². The van der Waals surface area contributed by atoms with E-state index in [1.807, 2.05) is 36.7 Å². The first kappa shape index (κ1) is 10.0. The van der Waals surface area contributed by atoms with E-state index in [1.165, 1.54) is 0 Å². The molecule has 0 fully saturated rings. The summed E-state index contributed by atoms with van der Waals surface area (Å²) in [5.41, 5.74) is 2.83. The molecule has 1 aromatic carbocycles. The molecule has 0 aliphatic carbocycles. The highest BCUT2D eigenvalue weighted by Crippen LogP contribution is 2.24. The molecule has 86 valence electrons. The molecule has 0 saturated heterocycles. The third-order valence-electron chi connectivity index (χ3n) is 2.84. The van der Waals surface area contributed by atoms with Gasteiger partial charge in [0, 0.05) is 19.0 Å². The third kappa shape index (κ3) is 1.43. The zero-order valence-electron chi connectivity index (χ0n) is 9.81. The molecule has 0 aliphatic heterocycles. The van der Waals surface area contributed by atoms with E-state index in [1.54, 1.807) is 0 Å². The van der Waals surface area contributed by atoms with Gasteiger partial charge in [-0.1, -0.05) is 18.2 Å². The monoisotopic (exact) mass is 227 g/mol. The summed E-state index contributed by atoms with van der Waals surface area (Å²) in [6.45, 7) is 2.80. The second-order valence-corrected chi connectivity index (χ2v) is 3.91. The standard InChI is InChI=1S/C12H13N5/c1-3-13-12-14-11-10(15-16-12)8-6-4-5-7-9(8)17(11)2/h4-7H,3H2,1-2H3,(H,13,14,16). The number of nitrogens with zero attached hydrogens (tertiary/aromatic N) is 4. The molecule has 2 heterocycles. The van der Waals surface area contributed by atoms with Crippen molar-refractivity contribution in [2.75, 3.05) is 11.9 Å². The van der Waals surface area contributed by atoms with Crippen molar-refractivity contribution in [3.8, 4) is 0 Å². The molecule has 5 heteroatoms. The summed E-state index contributed by atoms with van der Waals surface area (Å²) >= 11 is 0. The molecule has 0 saturated carbocycles. The van der Waals surface area contributed by atoms with Crippen LogP contribution in [0.25, 0.3) is 22.1 Å². The average molecular weight is 227 g/mol. The fraction of sp³-hybridized carbons (Fsp3) is 0.250. The second kappa shape index (κ2) is 3.69. The number of fused-ring (bicyclic) bond motifs is 3. The maximum absolute atomic E-state index is 4.48. The van der Waals surface area contributed by atoms with Gasteiger partial charge in [-0.25, -0.2) is 0 Å². The number of rotatable bonds is 2. The number of aromatic nitrogens is 4. The predicted octanol–water partition coefficient (Wildman–Crippen LogP) is 1.95. The van der Waals surface area contributed by atoms with E-state index < -0.39 is 0 Å². The number of benzene rings is 1. The van der Waals surface area contributed by atoms with Gasteiger partial charge in [0.05, 0.1) is 5.52 Å². The lowest BCUT2D eigenvalue weighted by Crippen LogP contribution is -2.04. The van der Waals surface area contributed by atoms with Crippen molar-refractivity contribution in [3.05, 3.63) is 24.3 Å². The van der Waals surface area contributed by atoms with E-state index in [0.29, 0.717) is 5.95 Å². The Labute approximate surface area is 98.5 Å². The lowest BCUT2D eigenvalue weighted by atomic mass is 10.2. The predicted molar refractivity (Wildman–Crippen MR) is 68.0 cm³/mol. The minimum Gasteiger partial charge on any atom is -0.353 e. The molecule has 0 atom stereocenters. The fourth-order valence-electron chi connectivity index (χ4n) is 2.04. The molecule has 2 aromatic heterocycles. The van der Waals surface area contributed by atoms with Gasteiger partial charge in [-0.3, -0.25) is 0 Å². The van der Waals surface area contributed by atoms with Crippen LogP contribution in [0, 0.1) is 0 Å². The first-order valence-electron chi connectivity index (χ1n) is 5.63. The summed E-state index contributed by atoms with van der Waals surface area (Å²) < 4.78 is 2.04. The van der Waals surface area contributed by atoms with Crippen LogP contribution in [0.15, 0.2) is 24.3 Å². The molecule has 0 spiro atoms. The number of hydrogen-bond acceptors (Lipinski definition) is 4. The Morgan fingerprint density at radius 2 is 2.06 bits per heavy atom. The van der Waals surface area contributed by atoms with Crippen molar-refractivity contribution in [1.29, 1.82) is 0 Å². The van der Waals surface area contributed by atoms with Crippen LogP contribution in [-0.2, 0) is 7.05 Å². The molecule has 3 aromatic rings. The molecule has 17 heavy (non-hydrogen) atoms. The summed E-state index contributed by atoms with van der Waals surface area (Å²) in [5.74, 6) is 0.575. The van der Waals surface area contributed by atoms with Crippen molar-refractivity contribution in [3.63, 3.8) is 0 Å². The highest BCUT2D eigenvalue weighted by molar-refractivity contribution is 6.04. The summed E-state index contributed by atoms with van der Waals surface area (Å²) in [6, 6.07) is 8.12. The average Bonchev–Trinajstić information content (AvgIpc) is 2.65. The molecule has 1 N–H and O–H groups in total. The molecule has 3 rings (SSSR count). The molecular weight excluding hydrogens is 214 g/mol. The van der Waals surface area contributed by atoms with Gasteiger partial charge < -0.3 is 9.88 Å². The van der Waals surface area contributed by atoms with Crippen molar-refractivity contribution >= 4 is 28.0 Å². The van der Waals surface area contributed by atoms with Crippen LogP contribution in [-0.4, -0.2) is 26.3 Å². The zero-order valence-corrected chi connectivity index (χ0v) is 9.81. The second-order valence-electron chi connectivity index (χ2n) is 3.91. The van der Waals surface area contributed by atoms with Gasteiger partial charge in [0.15, 0.2) is 5.65 Å². The molecule has 0 unspecified atom stereocenters. The van der Waals surface area contributed by atoms with Crippen LogP contribution < -0.4 is 5.32 Å². The van der Waals surface area contributed by atoms with Crippen LogP contribution >= 0.6 is 0 Å². The number of anilines is 1. The smallest absolute Gasteiger partial charge is 0.244 e. The Hall–Kier alpha value is -2.17. The van der Waals surface area contributed by atoms with Crippen LogP contribution in [0.4, 0.5) is 5.95 Å². The summed E-state index contributed by atoms with van der Waals surface area (Å²) in [7, 11) is 2.00. The Kier molecular flexibility index (Phi) is 2.18. The van der Waals surface area contributed by atoms with E-state index in [4.69, 9.17) is 0 Å². The van der Waals surface area contributed by atoms with Crippen LogP contribution in [0.1, 0.15) is 6.92 Å². The fourth-order valence-corrected chi connectivity index (χ4v) is 2.04. The third-order valence-corrected chi connectivity index (χ3v) is 2.84. The SMILES string of the molecule is CCNc1nnc2c3ccccc3n(C)c2n1. The quantitative estimate of drug-likeness (QED) is 0.727. The van der Waals surface area contributed by atoms with E-state index in [-0.39, 0.29) is 0 Å². The number of para-hydroxylation sites is 1. The summed E-state index contributed by atoms with van der Waals surface area (Å²) in [4.78, 5) is 4.48. The van der Waals surface area contributed by atoms with Gasteiger partial charge in [0.2, 0.25) is 5.95 Å².